The Morgan fingerprint density at radius 1 is 1.00 bits per heavy atom. The minimum Gasteiger partial charge on any atom is -0.388 e. The topological polar surface area (TPSA) is 44.4 Å². The number of anilines is 3. The normalized spacial score (nSPS) is 9.95. The Hall–Kier alpha value is -2.49. The van der Waals surface area contributed by atoms with Gasteiger partial charge in [0.2, 0.25) is 0 Å². The van der Waals surface area contributed by atoms with Gasteiger partial charge in [-0.05, 0) is 42.5 Å². The molecule has 0 saturated carbocycles. The Balaban J connectivity index is 2.12. The first-order valence-corrected chi connectivity index (χ1v) is 6.46. The molecule has 0 aliphatic carbocycles. The summed E-state index contributed by atoms with van der Waals surface area (Å²) in [6, 6.07) is 15.1. The van der Waals surface area contributed by atoms with Crippen molar-refractivity contribution in [3.8, 4) is 0 Å². The number of nitrogens with zero attached hydrogens (tertiary/aromatic N) is 1. The molecule has 0 radical (unpaired) electrons. The molecule has 0 aliphatic heterocycles. The molecule has 104 valence electrons. The molecule has 0 bridgehead atoms. The van der Waals surface area contributed by atoms with Crippen LogP contribution in [0.15, 0.2) is 48.5 Å². The van der Waals surface area contributed by atoms with Crippen molar-refractivity contribution in [2.45, 2.75) is 0 Å². The summed E-state index contributed by atoms with van der Waals surface area (Å²) in [5, 5.41) is 5.93. The number of carbonyl (C=O) groups excluding carboxylic acids is 1. The summed E-state index contributed by atoms with van der Waals surface area (Å²) in [5.41, 5.74) is 3.46. The van der Waals surface area contributed by atoms with Crippen LogP contribution in [-0.4, -0.2) is 27.1 Å². The van der Waals surface area contributed by atoms with Crippen LogP contribution >= 0.6 is 0 Å². The van der Waals surface area contributed by atoms with Gasteiger partial charge in [0.15, 0.2) is 0 Å². The molecule has 1 amide bonds. The molecule has 0 aliphatic rings. The molecule has 0 atom stereocenters. The van der Waals surface area contributed by atoms with Gasteiger partial charge in [-0.2, -0.15) is 0 Å². The van der Waals surface area contributed by atoms with E-state index in [2.05, 4.69) is 10.6 Å². The first kappa shape index (κ1) is 13.9. The number of hydrogen-bond acceptors (Lipinski definition) is 3. The minimum absolute atomic E-state index is 0.108. The van der Waals surface area contributed by atoms with Crippen molar-refractivity contribution in [2.75, 3.05) is 36.7 Å². The maximum Gasteiger partial charge on any atom is 0.255 e. The van der Waals surface area contributed by atoms with E-state index in [1.807, 2.05) is 62.4 Å². The van der Waals surface area contributed by atoms with E-state index in [1.54, 1.807) is 12.1 Å². The highest BCUT2D eigenvalue weighted by Crippen LogP contribution is 2.18. The molecule has 0 unspecified atom stereocenters. The van der Waals surface area contributed by atoms with E-state index < -0.39 is 0 Å². The third-order valence-electron chi connectivity index (χ3n) is 3.06. The zero-order valence-corrected chi connectivity index (χ0v) is 12.0. The van der Waals surface area contributed by atoms with Crippen LogP contribution < -0.4 is 15.5 Å². The van der Waals surface area contributed by atoms with Crippen LogP contribution in [0.1, 0.15) is 10.4 Å². The lowest BCUT2D eigenvalue weighted by Crippen LogP contribution is -2.13. The van der Waals surface area contributed by atoms with Gasteiger partial charge in [-0.3, -0.25) is 4.79 Å². The van der Waals surface area contributed by atoms with Crippen LogP contribution in [0.5, 0.6) is 0 Å². The van der Waals surface area contributed by atoms with Crippen molar-refractivity contribution in [3.05, 3.63) is 54.1 Å². The lowest BCUT2D eigenvalue weighted by molar-refractivity contribution is 0.102. The third-order valence-corrected chi connectivity index (χ3v) is 3.06. The molecule has 0 heterocycles. The molecule has 2 aromatic carbocycles. The van der Waals surface area contributed by atoms with Gasteiger partial charge in [-0.25, -0.2) is 0 Å². The van der Waals surface area contributed by atoms with Gasteiger partial charge in [0.25, 0.3) is 5.91 Å². The van der Waals surface area contributed by atoms with Gasteiger partial charge in [0, 0.05) is 43.8 Å². The van der Waals surface area contributed by atoms with Gasteiger partial charge in [-0.15, -0.1) is 0 Å². The number of rotatable bonds is 4. The van der Waals surface area contributed by atoms with Crippen LogP contribution in [0, 0.1) is 0 Å². The van der Waals surface area contributed by atoms with Gasteiger partial charge < -0.3 is 15.5 Å². The van der Waals surface area contributed by atoms with Crippen LogP contribution in [0.4, 0.5) is 17.1 Å². The monoisotopic (exact) mass is 269 g/mol. The first-order valence-electron chi connectivity index (χ1n) is 6.46. The molecular formula is C16H19N3O. The fourth-order valence-corrected chi connectivity index (χ4v) is 1.85. The summed E-state index contributed by atoms with van der Waals surface area (Å²) in [6.07, 6.45) is 0. The molecule has 2 N–H and O–H groups in total. The number of amides is 1. The van der Waals surface area contributed by atoms with E-state index in [4.69, 9.17) is 0 Å². The Morgan fingerprint density at radius 2 is 1.70 bits per heavy atom. The number of carbonyl (C=O) groups is 1. The summed E-state index contributed by atoms with van der Waals surface area (Å²) in [4.78, 5) is 14.1. The van der Waals surface area contributed by atoms with E-state index >= 15 is 0 Å². The quantitative estimate of drug-likeness (QED) is 0.896. The van der Waals surface area contributed by atoms with Gasteiger partial charge in [0.05, 0.1) is 0 Å². The van der Waals surface area contributed by atoms with Crippen molar-refractivity contribution in [2.24, 2.45) is 0 Å². The van der Waals surface area contributed by atoms with E-state index in [-0.39, 0.29) is 5.91 Å². The Bertz CT molecular complexity index is 591. The SMILES string of the molecule is CNc1ccc(C(=O)Nc2cccc(N(C)C)c2)cc1. The van der Waals surface area contributed by atoms with Crippen LogP contribution in [0.3, 0.4) is 0 Å². The largest absolute Gasteiger partial charge is 0.388 e. The maximum absolute atomic E-state index is 12.1. The highest BCUT2D eigenvalue weighted by atomic mass is 16.1. The second-order valence-corrected chi connectivity index (χ2v) is 4.73. The van der Waals surface area contributed by atoms with Crippen LogP contribution in [0.2, 0.25) is 0 Å². The molecular weight excluding hydrogens is 250 g/mol. The summed E-state index contributed by atoms with van der Waals surface area (Å²) >= 11 is 0. The molecule has 0 saturated heterocycles. The van der Waals surface area contributed by atoms with Crippen molar-refractivity contribution in [1.82, 2.24) is 0 Å². The van der Waals surface area contributed by atoms with Crippen molar-refractivity contribution in [3.63, 3.8) is 0 Å². The first-order chi connectivity index (χ1) is 9.60. The van der Waals surface area contributed by atoms with E-state index in [1.165, 1.54) is 0 Å². The zero-order chi connectivity index (χ0) is 14.5. The van der Waals surface area contributed by atoms with Crippen LogP contribution in [0.25, 0.3) is 0 Å². The van der Waals surface area contributed by atoms with Crippen LogP contribution in [-0.2, 0) is 0 Å². The molecule has 4 heteroatoms. The van der Waals surface area contributed by atoms with Gasteiger partial charge >= 0.3 is 0 Å². The average Bonchev–Trinajstić information content (AvgIpc) is 2.47. The van der Waals surface area contributed by atoms with Gasteiger partial charge in [0.1, 0.15) is 0 Å². The second-order valence-electron chi connectivity index (χ2n) is 4.73. The maximum atomic E-state index is 12.1. The van der Waals surface area contributed by atoms with Gasteiger partial charge in [-0.1, -0.05) is 6.07 Å². The average molecular weight is 269 g/mol. The highest BCUT2D eigenvalue weighted by Gasteiger charge is 2.06. The summed E-state index contributed by atoms with van der Waals surface area (Å²) in [5.74, 6) is -0.108. The van der Waals surface area contributed by atoms with E-state index in [0.29, 0.717) is 5.56 Å². The molecule has 0 fully saturated rings. The smallest absolute Gasteiger partial charge is 0.255 e. The number of hydrogen-bond donors (Lipinski definition) is 2. The predicted octanol–water partition coefficient (Wildman–Crippen LogP) is 3.05. The Kier molecular flexibility index (Phi) is 4.25. The summed E-state index contributed by atoms with van der Waals surface area (Å²) in [7, 11) is 5.79. The Labute approximate surface area is 119 Å². The molecule has 0 spiro atoms. The highest BCUT2D eigenvalue weighted by molar-refractivity contribution is 6.04. The summed E-state index contributed by atoms with van der Waals surface area (Å²) in [6.45, 7) is 0. The Morgan fingerprint density at radius 3 is 2.30 bits per heavy atom. The molecule has 20 heavy (non-hydrogen) atoms. The number of nitrogens with one attached hydrogen (secondary N) is 2. The number of benzene rings is 2. The predicted molar refractivity (Wildman–Crippen MR) is 84.7 cm³/mol. The van der Waals surface area contributed by atoms with E-state index in [9.17, 15) is 4.79 Å². The zero-order valence-electron chi connectivity index (χ0n) is 12.0. The molecule has 2 aromatic rings. The van der Waals surface area contributed by atoms with Crippen molar-refractivity contribution in [1.29, 1.82) is 0 Å². The molecule has 2 rings (SSSR count). The molecule has 4 nitrogen and oxygen atoms in total. The van der Waals surface area contributed by atoms with E-state index in [0.717, 1.165) is 17.1 Å². The standard InChI is InChI=1S/C16H19N3O/c1-17-13-9-7-12(8-10-13)16(20)18-14-5-4-6-15(11-14)19(2)3/h4-11,17H,1-3H3,(H,18,20). The summed E-state index contributed by atoms with van der Waals surface area (Å²) < 4.78 is 0. The fourth-order valence-electron chi connectivity index (χ4n) is 1.85. The van der Waals surface area contributed by atoms with Crippen molar-refractivity contribution >= 4 is 23.0 Å². The second kappa shape index (κ2) is 6.10. The molecule has 0 aromatic heterocycles. The lowest BCUT2D eigenvalue weighted by atomic mass is 10.2. The lowest BCUT2D eigenvalue weighted by Gasteiger charge is -2.14. The minimum atomic E-state index is -0.108. The fraction of sp³-hybridized carbons (Fsp3) is 0.188. The third kappa shape index (κ3) is 3.29. The van der Waals surface area contributed by atoms with Crippen molar-refractivity contribution < 1.29 is 4.79 Å².